The number of aliphatic hydroxyl groups is 3. The number of rotatable bonds is 49. The van der Waals surface area contributed by atoms with Gasteiger partial charge in [-0.05, 0) is 109 Å². The van der Waals surface area contributed by atoms with Crippen LogP contribution in [0.5, 0.6) is 5.75 Å². The molecule has 15 amide bonds. The summed E-state index contributed by atoms with van der Waals surface area (Å²) in [6, 6.07) is -17.0. The molecule has 1 aromatic rings. The number of phenolic OH excluding ortho intramolecular Hbond substituents is 1. The van der Waals surface area contributed by atoms with Crippen molar-refractivity contribution in [2.75, 3.05) is 32.8 Å². The minimum absolute atomic E-state index is 0.00803. The smallest absolute Gasteiger partial charge is 0.326 e. The highest BCUT2D eigenvalue weighted by molar-refractivity contribution is 6.01. The van der Waals surface area contributed by atoms with Gasteiger partial charge in [-0.3, -0.25) is 86.7 Å². The largest absolute Gasteiger partial charge is 0.508 e. The molecule has 1 aromatic carbocycles. The fourth-order valence-corrected chi connectivity index (χ4v) is 10.9. The number of aliphatic carboxylic acids is 2. The fraction of sp³-hybridized carbons (Fsp3) is 0.632. The van der Waals surface area contributed by atoms with E-state index in [1.54, 1.807) is 27.7 Å². The van der Waals surface area contributed by atoms with Gasteiger partial charge in [0.25, 0.3) is 0 Å². The third kappa shape index (κ3) is 34.7. The number of hydrogen-bond acceptors (Lipinski definition) is 24. The number of nitrogens with one attached hydrogen (secondary N) is 13. The summed E-state index contributed by atoms with van der Waals surface area (Å²) in [6.07, 6.45) is -5.63. The number of hydrogen-bond donors (Lipinski definition) is 25. The monoisotopic (exact) mass is 1600 g/mol. The van der Waals surface area contributed by atoms with Crippen molar-refractivity contribution < 1.29 is 112 Å². The third-order valence-electron chi connectivity index (χ3n) is 17.6. The highest BCUT2D eigenvalue weighted by atomic mass is 16.4. The van der Waals surface area contributed by atoms with Gasteiger partial charge in [-0.2, -0.15) is 0 Å². The molecule has 0 aliphatic carbocycles. The highest BCUT2D eigenvalue weighted by Gasteiger charge is 2.41. The van der Waals surface area contributed by atoms with Gasteiger partial charge in [0.2, 0.25) is 88.6 Å². The van der Waals surface area contributed by atoms with Crippen molar-refractivity contribution in [1.82, 2.24) is 74.0 Å². The lowest BCUT2D eigenvalue weighted by Crippen LogP contribution is -2.62. The average molecular weight is 1610 g/mol. The van der Waals surface area contributed by atoms with E-state index in [0.717, 1.165) is 18.7 Å². The predicted molar refractivity (Wildman–Crippen MR) is 401 cm³/mol. The summed E-state index contributed by atoms with van der Waals surface area (Å²) in [4.78, 5) is 237. The number of aromatic hydroxyl groups is 1. The van der Waals surface area contributed by atoms with Crippen molar-refractivity contribution >= 4 is 112 Å². The molecule has 1 heterocycles. The van der Waals surface area contributed by atoms with Crippen LogP contribution in [0.4, 0.5) is 0 Å². The summed E-state index contributed by atoms with van der Waals surface area (Å²) in [7, 11) is 0. The van der Waals surface area contributed by atoms with E-state index in [9.17, 15) is 112 Å². The number of likely N-dealkylation sites (tertiary alicyclic amines) is 1. The first-order valence-corrected chi connectivity index (χ1v) is 36.4. The lowest BCUT2D eigenvalue weighted by Gasteiger charge is -2.30. The summed E-state index contributed by atoms with van der Waals surface area (Å²) < 4.78 is 0. The number of phenols is 1. The van der Waals surface area contributed by atoms with Crippen LogP contribution in [-0.4, -0.2) is 278 Å². The van der Waals surface area contributed by atoms with Gasteiger partial charge >= 0.3 is 11.9 Å². The molecule has 1 saturated heterocycles. The molecular formula is C68H112N22O23. The van der Waals surface area contributed by atoms with Crippen molar-refractivity contribution in [2.45, 2.75) is 230 Å². The Labute approximate surface area is 650 Å². The first-order valence-electron chi connectivity index (χ1n) is 36.4. The van der Waals surface area contributed by atoms with Crippen molar-refractivity contribution in [3.8, 4) is 5.75 Å². The van der Waals surface area contributed by atoms with Crippen LogP contribution >= 0.6 is 0 Å². The standard InChI is InChI=1S/C68H112N22O23/c1-10-31(4)51(64(110)80-32(5)53(99)78-33(6)55(101)86-44(66(112)113)24-30(2)3)88-65(111)52(36(9)93)89-61(107)41(25-37-17-19-38(94)20-18-37)84-58(104)39(14-11-21-75-67(71)72)81-57(103)40(15-12-22-76-68(73)74)82-62(108)46-16-13-23-90(46)48(96)28-77-56(102)45(29-91)87-60(106)43(27-49(97)98)85-59(105)42(26-47(69)95)83-54(100)34(7)79-63(109)50(70)35(8)92/h17-20,30-36,39-46,50-52,91-94H,10-16,21-29,70H2,1-9H3,(H2,69,95)(H,77,102)(H,78,99)(H,79,109)(H,80,110)(H,81,103)(H,82,108)(H,83,100)(H,84,104)(H,85,105)(H,86,101)(H,87,106)(H,88,111)(H,89,107)(H,97,98)(H,112,113)(H4,71,72,75)(H4,73,74,76)/t31-,32-,33-,34-,35+,36+,39-,40-,41-,42-,43-,44-,45-,46-,50-,51-,52-/m0/s1. The molecule has 0 bridgehead atoms. The van der Waals surface area contributed by atoms with E-state index in [-0.39, 0.29) is 94.6 Å². The summed E-state index contributed by atoms with van der Waals surface area (Å²) >= 11 is 0. The molecule has 113 heavy (non-hydrogen) atoms. The highest BCUT2D eigenvalue weighted by Crippen LogP contribution is 2.20. The molecule has 0 unspecified atom stereocenters. The van der Waals surface area contributed by atoms with Gasteiger partial charge in [0.15, 0.2) is 11.9 Å². The van der Waals surface area contributed by atoms with Crippen LogP contribution in [0.15, 0.2) is 34.3 Å². The van der Waals surface area contributed by atoms with Crippen molar-refractivity contribution in [3.63, 3.8) is 0 Å². The Hall–Kier alpha value is -11.6. The molecule has 1 fully saturated rings. The molecule has 0 spiro atoms. The number of benzene rings is 1. The minimum atomic E-state index is -2.09. The Morgan fingerprint density at radius 1 is 0.504 bits per heavy atom. The number of amides is 15. The van der Waals surface area contributed by atoms with Gasteiger partial charge < -0.3 is 139 Å². The van der Waals surface area contributed by atoms with Crippen molar-refractivity contribution in [3.05, 3.63) is 29.8 Å². The van der Waals surface area contributed by atoms with Crippen molar-refractivity contribution in [2.24, 2.45) is 56.2 Å². The van der Waals surface area contributed by atoms with Crippen LogP contribution in [0.2, 0.25) is 0 Å². The molecule has 0 aromatic heterocycles. The maximum atomic E-state index is 14.8. The van der Waals surface area contributed by atoms with Gasteiger partial charge in [-0.25, -0.2) is 4.79 Å². The number of primary amides is 1. The Morgan fingerprint density at radius 3 is 1.42 bits per heavy atom. The number of carbonyl (C=O) groups excluding carboxylic acids is 15. The quantitative estimate of drug-likeness (QED) is 0.0164. The minimum Gasteiger partial charge on any atom is -0.508 e. The van der Waals surface area contributed by atoms with Crippen LogP contribution in [0, 0.1) is 11.8 Å². The molecule has 31 N–H and O–H groups in total. The number of nitrogens with two attached hydrogens (primary N) is 6. The number of nitrogens with zero attached hydrogens (tertiary/aromatic N) is 3. The second-order valence-electron chi connectivity index (χ2n) is 27.6. The van der Waals surface area contributed by atoms with Crippen LogP contribution in [0.3, 0.4) is 0 Å². The van der Waals surface area contributed by atoms with E-state index in [0.29, 0.717) is 5.56 Å². The van der Waals surface area contributed by atoms with Gasteiger partial charge in [0.05, 0.1) is 38.2 Å². The molecule has 45 nitrogen and oxygen atoms in total. The molecule has 17 atom stereocenters. The molecule has 45 heteroatoms. The summed E-state index contributed by atoms with van der Waals surface area (Å²) in [5.41, 5.74) is 33.4. The first-order chi connectivity index (χ1) is 52.8. The van der Waals surface area contributed by atoms with E-state index < -0.39 is 236 Å². The lowest BCUT2D eigenvalue weighted by molar-refractivity contribution is -0.143. The van der Waals surface area contributed by atoms with Gasteiger partial charge in [-0.1, -0.05) is 46.2 Å². The van der Waals surface area contributed by atoms with Crippen molar-refractivity contribution in [1.29, 1.82) is 0 Å². The fourth-order valence-electron chi connectivity index (χ4n) is 10.9. The number of carboxylic acid groups (broad SMARTS) is 2. The molecule has 2 rings (SSSR count). The Kier molecular flexibility index (Phi) is 41.6. The topological polar surface area (TPSA) is 752 Å². The first kappa shape index (κ1) is 97.5. The van der Waals surface area contributed by atoms with Crippen LogP contribution in [0.1, 0.15) is 132 Å². The second-order valence-corrected chi connectivity index (χ2v) is 27.6. The zero-order valence-electron chi connectivity index (χ0n) is 64.4. The zero-order chi connectivity index (χ0) is 85.8. The van der Waals surface area contributed by atoms with Crippen LogP contribution < -0.4 is 104 Å². The number of carbonyl (C=O) groups is 17. The molecular weight excluding hydrogens is 1490 g/mol. The molecule has 632 valence electrons. The van der Waals surface area contributed by atoms with E-state index in [4.69, 9.17) is 34.4 Å². The Morgan fingerprint density at radius 2 is 0.938 bits per heavy atom. The Bertz CT molecular complexity index is 3560. The SMILES string of the molecule is CC[C@H](C)[C@H](NC(=O)[C@@H](NC(=O)[C@H](Cc1ccc(O)cc1)NC(=O)[C@H](CCCN=C(N)N)NC(=O)[C@H](CCCN=C(N)N)NC(=O)[C@@H]1CCCN1C(=O)CNC(=O)[C@H](CO)NC(=O)[C@H](CC(=O)O)NC(=O)[C@H](CC(N)=O)NC(=O)[C@H](C)NC(=O)[C@@H](N)[C@@H](C)O)[C@@H](C)O)C(=O)N[C@@H](C)C(=O)N[C@@H](C)C(=O)N[C@@H](CC(C)C)C(=O)O. The maximum Gasteiger partial charge on any atom is 0.326 e. The Balaban J connectivity index is 2.47. The molecule has 0 radical (unpaired) electrons. The normalized spacial score (nSPS) is 16.7. The summed E-state index contributed by atoms with van der Waals surface area (Å²) in [5, 5.41) is 90.8. The van der Waals surface area contributed by atoms with E-state index in [2.05, 4.69) is 68.5 Å². The summed E-state index contributed by atoms with van der Waals surface area (Å²) in [5.74, 6) is -20.7. The molecule has 1 aliphatic heterocycles. The number of aliphatic imine (C=N–C) groups is 2. The van der Waals surface area contributed by atoms with E-state index in [1.807, 2.05) is 10.6 Å². The predicted octanol–water partition coefficient (Wildman–Crippen LogP) is -10.4. The second kappa shape index (κ2) is 48.2. The van der Waals surface area contributed by atoms with Crippen LogP contribution in [-0.2, 0) is 87.9 Å². The lowest BCUT2D eigenvalue weighted by atomic mass is 9.97. The van der Waals surface area contributed by atoms with Crippen LogP contribution in [0.25, 0.3) is 0 Å². The number of aliphatic hydroxyl groups excluding tert-OH is 3. The third-order valence-corrected chi connectivity index (χ3v) is 17.6. The zero-order valence-corrected chi connectivity index (χ0v) is 64.4. The summed E-state index contributed by atoms with van der Waals surface area (Å²) in [6.45, 7) is 10.4. The van der Waals surface area contributed by atoms with Gasteiger partial charge in [0.1, 0.15) is 90.3 Å². The number of carboxylic acids is 2. The van der Waals surface area contributed by atoms with E-state index in [1.165, 1.54) is 45.0 Å². The molecule has 1 aliphatic rings. The average Bonchev–Trinajstić information content (AvgIpc) is 1.82. The molecule has 0 saturated carbocycles. The van der Waals surface area contributed by atoms with Gasteiger partial charge in [-0.15, -0.1) is 0 Å². The maximum absolute atomic E-state index is 14.8. The van der Waals surface area contributed by atoms with Gasteiger partial charge in [0, 0.05) is 26.1 Å². The van der Waals surface area contributed by atoms with E-state index >= 15 is 0 Å². The number of guanidine groups is 2.